The molecule has 2 rings (SSSR count). The van der Waals surface area contributed by atoms with Crippen molar-refractivity contribution < 1.29 is 9.18 Å². The molecule has 0 heterocycles. The van der Waals surface area contributed by atoms with E-state index < -0.39 is 17.1 Å². The van der Waals surface area contributed by atoms with E-state index in [4.69, 9.17) is 5.26 Å². The van der Waals surface area contributed by atoms with Crippen molar-refractivity contribution in [2.75, 3.05) is 5.32 Å². The van der Waals surface area contributed by atoms with Gasteiger partial charge in [0.2, 0.25) is 5.91 Å². The Morgan fingerprint density at radius 3 is 2.81 bits per heavy atom. The minimum absolute atomic E-state index is 0.145. The second-order valence-electron chi connectivity index (χ2n) is 4.13. The number of carbonyl (C=O) groups is 1. The molecule has 4 heteroatoms. The van der Waals surface area contributed by atoms with Gasteiger partial charge < -0.3 is 5.32 Å². The Balaban J connectivity index is 2.19. The van der Waals surface area contributed by atoms with E-state index in [1.165, 1.54) is 6.07 Å². The Bertz CT molecular complexity index is 486. The first kappa shape index (κ1) is 10.6. The monoisotopic (exact) mass is 218 g/mol. The van der Waals surface area contributed by atoms with Gasteiger partial charge >= 0.3 is 0 Å². The lowest BCUT2D eigenvalue weighted by Crippen LogP contribution is -2.23. The van der Waals surface area contributed by atoms with Gasteiger partial charge in [0.15, 0.2) is 0 Å². The molecule has 0 aliphatic heterocycles. The highest BCUT2D eigenvalue weighted by molar-refractivity contribution is 5.99. The fourth-order valence-electron chi connectivity index (χ4n) is 1.49. The van der Waals surface area contributed by atoms with Crippen LogP contribution in [0.15, 0.2) is 18.2 Å². The summed E-state index contributed by atoms with van der Waals surface area (Å²) in [6.45, 7) is 1.81. The molecule has 0 spiro atoms. The SMILES string of the molecule is Cc1ccc(F)c(NC(=O)C2(C#N)CC2)c1. The Morgan fingerprint density at radius 1 is 1.56 bits per heavy atom. The highest BCUT2D eigenvalue weighted by Gasteiger charge is 2.50. The van der Waals surface area contributed by atoms with Crippen molar-refractivity contribution in [3.05, 3.63) is 29.6 Å². The molecular weight excluding hydrogens is 207 g/mol. The summed E-state index contributed by atoms with van der Waals surface area (Å²) in [7, 11) is 0. The molecule has 1 N–H and O–H groups in total. The number of anilines is 1. The van der Waals surface area contributed by atoms with E-state index in [1.54, 1.807) is 12.1 Å². The van der Waals surface area contributed by atoms with Gasteiger partial charge in [-0.25, -0.2) is 4.39 Å². The van der Waals surface area contributed by atoms with Crippen LogP contribution >= 0.6 is 0 Å². The molecule has 1 saturated carbocycles. The van der Waals surface area contributed by atoms with E-state index >= 15 is 0 Å². The van der Waals surface area contributed by atoms with E-state index in [1.807, 2.05) is 13.0 Å². The minimum Gasteiger partial charge on any atom is -0.322 e. The lowest BCUT2D eigenvalue weighted by Gasteiger charge is -2.09. The fourth-order valence-corrected chi connectivity index (χ4v) is 1.49. The smallest absolute Gasteiger partial charge is 0.244 e. The largest absolute Gasteiger partial charge is 0.322 e. The van der Waals surface area contributed by atoms with E-state index in [0.29, 0.717) is 12.8 Å². The summed E-state index contributed by atoms with van der Waals surface area (Å²) in [5.41, 5.74) is 0.0842. The van der Waals surface area contributed by atoms with Gasteiger partial charge in [0, 0.05) is 0 Å². The van der Waals surface area contributed by atoms with Crippen molar-refractivity contribution in [3.8, 4) is 6.07 Å². The van der Waals surface area contributed by atoms with Gasteiger partial charge in [-0.15, -0.1) is 0 Å². The van der Waals surface area contributed by atoms with Gasteiger partial charge in [-0.1, -0.05) is 6.07 Å². The van der Waals surface area contributed by atoms with Gasteiger partial charge in [-0.05, 0) is 37.5 Å². The molecule has 1 aliphatic carbocycles. The molecule has 1 aromatic rings. The molecule has 1 aliphatic rings. The third kappa shape index (κ3) is 1.76. The number of rotatable bonds is 2. The molecule has 0 atom stereocenters. The molecule has 1 amide bonds. The number of hydrogen-bond acceptors (Lipinski definition) is 2. The summed E-state index contributed by atoms with van der Waals surface area (Å²) < 4.78 is 13.3. The van der Waals surface area contributed by atoms with Crippen LogP contribution in [0.3, 0.4) is 0 Å². The standard InChI is InChI=1S/C12H11FN2O/c1-8-2-3-9(13)10(6-8)15-11(16)12(7-14)4-5-12/h2-3,6H,4-5H2,1H3,(H,15,16). The Kier molecular flexibility index (Phi) is 2.39. The molecule has 82 valence electrons. The van der Waals surface area contributed by atoms with E-state index in [-0.39, 0.29) is 5.69 Å². The Morgan fingerprint density at radius 2 is 2.25 bits per heavy atom. The average Bonchev–Trinajstić information content (AvgIpc) is 3.04. The van der Waals surface area contributed by atoms with Crippen molar-refractivity contribution in [1.82, 2.24) is 0 Å². The molecule has 0 unspecified atom stereocenters. The van der Waals surface area contributed by atoms with Crippen LogP contribution in [0.5, 0.6) is 0 Å². The Labute approximate surface area is 92.9 Å². The zero-order valence-electron chi connectivity index (χ0n) is 8.88. The van der Waals surface area contributed by atoms with Gasteiger partial charge in [0.05, 0.1) is 11.8 Å². The van der Waals surface area contributed by atoms with Crippen LogP contribution in [-0.4, -0.2) is 5.91 Å². The molecular formula is C12H11FN2O. The molecule has 1 aromatic carbocycles. The summed E-state index contributed by atoms with van der Waals surface area (Å²) in [6.07, 6.45) is 1.12. The number of carbonyl (C=O) groups excluding carboxylic acids is 1. The number of nitrogens with zero attached hydrogens (tertiary/aromatic N) is 1. The lowest BCUT2D eigenvalue weighted by molar-refractivity contribution is -0.119. The summed E-state index contributed by atoms with van der Waals surface area (Å²) >= 11 is 0. The quantitative estimate of drug-likeness (QED) is 0.828. The third-order valence-corrected chi connectivity index (χ3v) is 2.77. The van der Waals surface area contributed by atoms with E-state index in [0.717, 1.165) is 5.56 Å². The minimum atomic E-state index is -0.920. The van der Waals surface area contributed by atoms with Crippen molar-refractivity contribution in [1.29, 1.82) is 5.26 Å². The number of benzene rings is 1. The summed E-state index contributed by atoms with van der Waals surface area (Å²) in [6, 6.07) is 6.46. The van der Waals surface area contributed by atoms with Crippen LogP contribution in [-0.2, 0) is 4.79 Å². The van der Waals surface area contributed by atoms with Crippen LogP contribution in [0.4, 0.5) is 10.1 Å². The summed E-state index contributed by atoms with van der Waals surface area (Å²) in [5.74, 6) is -0.882. The average molecular weight is 218 g/mol. The first-order valence-electron chi connectivity index (χ1n) is 5.06. The number of hydrogen-bond donors (Lipinski definition) is 1. The maximum absolute atomic E-state index is 13.3. The van der Waals surface area contributed by atoms with Crippen molar-refractivity contribution in [2.45, 2.75) is 19.8 Å². The molecule has 0 radical (unpaired) electrons. The van der Waals surface area contributed by atoms with Crippen molar-refractivity contribution in [2.24, 2.45) is 5.41 Å². The number of aryl methyl sites for hydroxylation is 1. The first-order chi connectivity index (χ1) is 7.57. The fraction of sp³-hybridized carbons (Fsp3) is 0.333. The second-order valence-corrected chi connectivity index (χ2v) is 4.13. The summed E-state index contributed by atoms with van der Waals surface area (Å²) in [4.78, 5) is 11.7. The third-order valence-electron chi connectivity index (χ3n) is 2.77. The van der Waals surface area contributed by atoms with E-state index in [2.05, 4.69) is 5.32 Å². The highest BCUT2D eigenvalue weighted by atomic mass is 19.1. The zero-order valence-corrected chi connectivity index (χ0v) is 8.88. The normalized spacial score (nSPS) is 16.3. The predicted octanol–water partition coefficient (Wildman–Crippen LogP) is 2.38. The topological polar surface area (TPSA) is 52.9 Å². The molecule has 0 saturated heterocycles. The van der Waals surface area contributed by atoms with Crippen LogP contribution < -0.4 is 5.32 Å². The Hall–Kier alpha value is -1.89. The lowest BCUT2D eigenvalue weighted by atomic mass is 10.1. The molecule has 0 bridgehead atoms. The van der Waals surface area contributed by atoms with Gasteiger partial charge in [0.1, 0.15) is 11.2 Å². The van der Waals surface area contributed by atoms with Gasteiger partial charge in [0.25, 0.3) is 0 Å². The molecule has 3 nitrogen and oxygen atoms in total. The highest BCUT2D eigenvalue weighted by Crippen LogP contribution is 2.45. The second kappa shape index (κ2) is 3.60. The van der Waals surface area contributed by atoms with Crippen LogP contribution in [0.1, 0.15) is 18.4 Å². The molecule has 16 heavy (non-hydrogen) atoms. The zero-order chi connectivity index (χ0) is 11.8. The van der Waals surface area contributed by atoms with Crippen molar-refractivity contribution >= 4 is 11.6 Å². The van der Waals surface area contributed by atoms with Crippen LogP contribution in [0, 0.1) is 29.5 Å². The maximum atomic E-state index is 13.3. The van der Waals surface area contributed by atoms with Crippen LogP contribution in [0.2, 0.25) is 0 Å². The van der Waals surface area contributed by atoms with E-state index in [9.17, 15) is 9.18 Å². The first-order valence-corrected chi connectivity index (χ1v) is 5.06. The predicted molar refractivity (Wildman–Crippen MR) is 57.0 cm³/mol. The van der Waals surface area contributed by atoms with Crippen LogP contribution in [0.25, 0.3) is 0 Å². The maximum Gasteiger partial charge on any atom is 0.244 e. The number of amides is 1. The number of nitrogens with one attached hydrogen (secondary N) is 1. The molecule has 1 fully saturated rings. The van der Waals surface area contributed by atoms with Gasteiger partial charge in [-0.3, -0.25) is 4.79 Å². The summed E-state index contributed by atoms with van der Waals surface area (Å²) in [5, 5.41) is 11.3. The van der Waals surface area contributed by atoms with Crippen molar-refractivity contribution in [3.63, 3.8) is 0 Å². The number of halogens is 1. The number of nitriles is 1. The van der Waals surface area contributed by atoms with Gasteiger partial charge in [-0.2, -0.15) is 5.26 Å². The molecule has 0 aromatic heterocycles.